The summed E-state index contributed by atoms with van der Waals surface area (Å²) in [6.07, 6.45) is 10.2. The lowest BCUT2D eigenvalue weighted by Gasteiger charge is -2.29. The zero-order valence-electron chi connectivity index (χ0n) is 20.8. The molecular formula is C27H32N8O. The van der Waals surface area contributed by atoms with Crippen LogP contribution >= 0.6 is 0 Å². The first-order valence-corrected chi connectivity index (χ1v) is 12.4. The molecule has 1 fully saturated rings. The van der Waals surface area contributed by atoms with Crippen molar-refractivity contribution in [3.05, 3.63) is 60.3 Å². The van der Waals surface area contributed by atoms with Crippen LogP contribution in [0.25, 0.3) is 22.0 Å². The third kappa shape index (κ3) is 5.36. The Bertz CT molecular complexity index is 1370. The molecule has 0 atom stereocenters. The first-order valence-electron chi connectivity index (χ1n) is 12.4. The lowest BCUT2D eigenvalue weighted by atomic mass is 9.97. The van der Waals surface area contributed by atoms with Crippen LogP contribution in [-0.2, 0) is 13.5 Å². The quantitative estimate of drug-likeness (QED) is 0.365. The highest BCUT2D eigenvalue weighted by Gasteiger charge is 2.20. The SMILES string of the molecule is CN1CCC(CNc2ncc(-c3cnn(C)c3)nc2C(=O)CCc2ccc3c(N)nccc3c2)CC1. The number of rotatable bonds is 8. The van der Waals surface area contributed by atoms with Crippen molar-refractivity contribution in [2.24, 2.45) is 13.0 Å². The number of anilines is 2. The third-order valence-electron chi connectivity index (χ3n) is 6.93. The van der Waals surface area contributed by atoms with Gasteiger partial charge in [-0.3, -0.25) is 9.48 Å². The molecule has 1 aliphatic heterocycles. The second-order valence-electron chi connectivity index (χ2n) is 9.66. The summed E-state index contributed by atoms with van der Waals surface area (Å²) in [5.74, 6) is 1.60. The van der Waals surface area contributed by atoms with Crippen LogP contribution in [0.3, 0.4) is 0 Å². The van der Waals surface area contributed by atoms with Gasteiger partial charge in [-0.2, -0.15) is 5.10 Å². The van der Waals surface area contributed by atoms with Gasteiger partial charge in [0.25, 0.3) is 0 Å². The number of fused-ring (bicyclic) bond motifs is 1. The first-order chi connectivity index (χ1) is 17.5. The van der Waals surface area contributed by atoms with E-state index in [0.717, 1.165) is 54.4 Å². The van der Waals surface area contributed by atoms with Gasteiger partial charge in [-0.15, -0.1) is 0 Å². The number of benzene rings is 1. The van der Waals surface area contributed by atoms with E-state index in [1.54, 1.807) is 23.3 Å². The average molecular weight is 485 g/mol. The maximum absolute atomic E-state index is 13.4. The fraction of sp³-hybridized carbons (Fsp3) is 0.370. The van der Waals surface area contributed by atoms with Gasteiger partial charge < -0.3 is 16.0 Å². The van der Waals surface area contributed by atoms with Crippen molar-refractivity contribution in [2.45, 2.75) is 25.7 Å². The number of nitrogens with one attached hydrogen (secondary N) is 1. The Morgan fingerprint density at radius 2 is 1.97 bits per heavy atom. The van der Waals surface area contributed by atoms with Gasteiger partial charge >= 0.3 is 0 Å². The van der Waals surface area contributed by atoms with Crippen LogP contribution in [0.15, 0.2) is 49.1 Å². The zero-order valence-corrected chi connectivity index (χ0v) is 20.8. The number of pyridine rings is 1. The van der Waals surface area contributed by atoms with Crippen molar-refractivity contribution < 1.29 is 4.79 Å². The molecule has 9 nitrogen and oxygen atoms in total. The number of hydrogen-bond acceptors (Lipinski definition) is 8. The van der Waals surface area contributed by atoms with Gasteiger partial charge in [0.05, 0.1) is 18.1 Å². The van der Waals surface area contributed by atoms with Gasteiger partial charge in [0.2, 0.25) is 0 Å². The monoisotopic (exact) mass is 484 g/mol. The molecule has 4 heterocycles. The Morgan fingerprint density at radius 1 is 1.14 bits per heavy atom. The number of piperidine rings is 1. The second-order valence-corrected chi connectivity index (χ2v) is 9.66. The molecule has 5 rings (SSSR count). The third-order valence-corrected chi connectivity index (χ3v) is 6.93. The minimum Gasteiger partial charge on any atom is -0.383 e. The highest BCUT2D eigenvalue weighted by atomic mass is 16.1. The Morgan fingerprint density at radius 3 is 2.75 bits per heavy atom. The second kappa shape index (κ2) is 10.4. The van der Waals surface area contributed by atoms with Gasteiger partial charge in [0.1, 0.15) is 11.5 Å². The van der Waals surface area contributed by atoms with Crippen LogP contribution in [0.1, 0.15) is 35.3 Å². The van der Waals surface area contributed by atoms with E-state index in [2.05, 4.69) is 38.4 Å². The van der Waals surface area contributed by atoms with E-state index >= 15 is 0 Å². The summed E-state index contributed by atoms with van der Waals surface area (Å²) in [4.78, 5) is 29.3. The Kier molecular flexibility index (Phi) is 6.90. The van der Waals surface area contributed by atoms with Crippen molar-refractivity contribution >= 4 is 28.2 Å². The predicted molar refractivity (Wildman–Crippen MR) is 142 cm³/mol. The van der Waals surface area contributed by atoms with E-state index in [9.17, 15) is 4.79 Å². The molecule has 36 heavy (non-hydrogen) atoms. The summed E-state index contributed by atoms with van der Waals surface area (Å²) in [7, 11) is 4.01. The summed E-state index contributed by atoms with van der Waals surface area (Å²) in [6.45, 7) is 2.98. The molecule has 0 saturated carbocycles. The van der Waals surface area contributed by atoms with Crippen LogP contribution in [0.5, 0.6) is 0 Å². The standard InChI is InChI=1S/C27H32N8O/c1-34-11-8-19(9-12-34)14-30-27-25(33-23(16-31-27)21-15-32-35(2)17-21)24(36)6-4-18-3-5-22-20(13-18)7-10-29-26(22)28/h3,5,7,10,13,15-17,19H,4,6,8-9,11-12,14H2,1-2H3,(H2,28,29)(H,30,31). The van der Waals surface area contributed by atoms with Gasteiger partial charge in [0, 0.05) is 43.4 Å². The van der Waals surface area contributed by atoms with Crippen LogP contribution in [0.2, 0.25) is 0 Å². The highest BCUT2D eigenvalue weighted by molar-refractivity contribution is 5.99. The topological polar surface area (TPSA) is 115 Å². The van der Waals surface area contributed by atoms with E-state index in [-0.39, 0.29) is 5.78 Å². The Labute approximate surface area is 210 Å². The Hall–Kier alpha value is -3.85. The van der Waals surface area contributed by atoms with Crippen LogP contribution in [0, 0.1) is 5.92 Å². The number of nitrogen functional groups attached to an aromatic ring is 1. The van der Waals surface area contributed by atoms with Gasteiger partial charge in [-0.25, -0.2) is 15.0 Å². The first kappa shape index (κ1) is 23.9. The van der Waals surface area contributed by atoms with Crippen LogP contribution in [-0.4, -0.2) is 62.1 Å². The number of aromatic nitrogens is 5. The fourth-order valence-corrected chi connectivity index (χ4v) is 4.70. The molecule has 4 aromatic rings. The molecule has 3 aromatic heterocycles. The largest absolute Gasteiger partial charge is 0.383 e. The summed E-state index contributed by atoms with van der Waals surface area (Å²) in [5.41, 5.74) is 8.91. The number of hydrogen-bond donors (Lipinski definition) is 2. The van der Waals surface area contributed by atoms with Crippen LogP contribution in [0.4, 0.5) is 11.6 Å². The van der Waals surface area contributed by atoms with E-state index in [1.807, 2.05) is 31.4 Å². The minimum atomic E-state index is -0.0338. The Balaban J connectivity index is 1.35. The van der Waals surface area contributed by atoms with Crippen molar-refractivity contribution in [3.8, 4) is 11.3 Å². The number of nitrogens with zero attached hydrogens (tertiary/aromatic N) is 6. The van der Waals surface area contributed by atoms with Crippen molar-refractivity contribution in [1.82, 2.24) is 29.6 Å². The molecule has 0 amide bonds. The van der Waals surface area contributed by atoms with Gasteiger partial charge in [-0.05, 0) is 62.3 Å². The minimum absolute atomic E-state index is 0.0338. The molecule has 1 saturated heterocycles. The lowest BCUT2D eigenvalue weighted by molar-refractivity contribution is 0.0978. The summed E-state index contributed by atoms with van der Waals surface area (Å²) in [5, 5.41) is 9.61. The van der Waals surface area contributed by atoms with E-state index in [4.69, 9.17) is 10.7 Å². The van der Waals surface area contributed by atoms with Crippen molar-refractivity contribution in [1.29, 1.82) is 0 Å². The van der Waals surface area contributed by atoms with Gasteiger partial charge in [-0.1, -0.05) is 18.2 Å². The summed E-state index contributed by atoms with van der Waals surface area (Å²) in [6, 6.07) is 7.97. The fourth-order valence-electron chi connectivity index (χ4n) is 4.70. The van der Waals surface area contributed by atoms with Crippen molar-refractivity contribution in [2.75, 3.05) is 37.7 Å². The molecule has 3 N–H and O–H groups in total. The molecule has 1 aliphatic rings. The molecule has 1 aromatic carbocycles. The number of aryl methyl sites for hydroxylation is 2. The number of Topliss-reactive ketones (excluding diaryl/α,β-unsaturated/α-hetero) is 1. The van der Waals surface area contributed by atoms with E-state index in [1.165, 1.54) is 0 Å². The van der Waals surface area contributed by atoms with E-state index in [0.29, 0.717) is 41.8 Å². The molecule has 186 valence electrons. The number of carbonyl (C=O) groups excluding carboxylic acids is 1. The summed E-state index contributed by atoms with van der Waals surface area (Å²) < 4.78 is 1.72. The lowest BCUT2D eigenvalue weighted by Crippen LogP contribution is -2.33. The number of carbonyl (C=O) groups is 1. The summed E-state index contributed by atoms with van der Waals surface area (Å²) >= 11 is 0. The predicted octanol–water partition coefficient (Wildman–Crippen LogP) is 3.58. The average Bonchev–Trinajstić information content (AvgIpc) is 3.33. The van der Waals surface area contributed by atoms with E-state index < -0.39 is 0 Å². The van der Waals surface area contributed by atoms with Crippen LogP contribution < -0.4 is 11.1 Å². The van der Waals surface area contributed by atoms with Gasteiger partial charge in [0.15, 0.2) is 11.6 Å². The number of nitrogens with two attached hydrogens (primary N) is 1. The highest BCUT2D eigenvalue weighted by Crippen LogP contribution is 2.24. The number of likely N-dealkylation sites (tertiary alicyclic amines) is 1. The molecule has 0 bridgehead atoms. The maximum Gasteiger partial charge on any atom is 0.185 e. The smallest absolute Gasteiger partial charge is 0.185 e. The number of ketones is 1. The zero-order chi connectivity index (χ0) is 25.1. The molecule has 0 aliphatic carbocycles. The normalized spacial score (nSPS) is 14.8. The molecule has 0 radical (unpaired) electrons. The molecular weight excluding hydrogens is 452 g/mol. The molecule has 0 spiro atoms. The maximum atomic E-state index is 13.4. The molecule has 0 unspecified atom stereocenters. The molecule has 9 heteroatoms. The van der Waals surface area contributed by atoms with Crippen molar-refractivity contribution in [3.63, 3.8) is 0 Å².